The van der Waals surface area contributed by atoms with Crippen molar-refractivity contribution >= 4 is 46.4 Å². The number of halogens is 1. The molecule has 2 N–H and O–H groups in total. The van der Waals surface area contributed by atoms with Crippen LogP contribution in [0, 0.1) is 5.41 Å². The van der Waals surface area contributed by atoms with Gasteiger partial charge in [-0.2, -0.15) is 0 Å². The lowest BCUT2D eigenvalue weighted by atomic mass is 10.0. The summed E-state index contributed by atoms with van der Waals surface area (Å²) >= 11 is 1.69. The Morgan fingerprint density at radius 1 is 1.38 bits per heavy atom. The molecule has 1 saturated heterocycles. The highest BCUT2D eigenvalue weighted by atomic mass is 127. The first-order valence-electron chi connectivity index (χ1n) is 8.49. The number of hydrogen-bond donors (Lipinski definition) is 1. The molecule has 1 aliphatic heterocycles. The minimum atomic E-state index is 0. The smallest absolute Gasteiger partial charge is 0.191 e. The number of rotatable bonds is 7. The third-order valence-corrected chi connectivity index (χ3v) is 5.64. The quantitative estimate of drug-likeness (QED) is 0.290. The lowest BCUT2D eigenvalue weighted by Crippen LogP contribution is -2.51. The fourth-order valence-electron chi connectivity index (χ4n) is 2.94. The Kier molecular flexibility index (Phi) is 7.55. The summed E-state index contributed by atoms with van der Waals surface area (Å²) in [4.78, 5) is 13.6. The topological polar surface area (TPSA) is 67.0 Å². The molecule has 1 aromatic rings. The third-order valence-electron chi connectivity index (χ3n) is 4.81. The number of nitrogens with zero attached hydrogens (tertiary/aromatic N) is 4. The molecular formula is C16H28IN5OS. The summed E-state index contributed by atoms with van der Waals surface area (Å²) < 4.78 is 5.48. The van der Waals surface area contributed by atoms with Crippen LogP contribution in [-0.4, -0.2) is 61.8 Å². The molecular weight excluding hydrogens is 437 g/mol. The van der Waals surface area contributed by atoms with E-state index in [0.29, 0.717) is 11.4 Å². The first-order chi connectivity index (χ1) is 11.2. The van der Waals surface area contributed by atoms with E-state index in [1.54, 1.807) is 11.3 Å². The number of piperazine rings is 1. The highest BCUT2D eigenvalue weighted by molar-refractivity contribution is 14.0. The van der Waals surface area contributed by atoms with Crippen LogP contribution in [0.2, 0.25) is 0 Å². The number of ether oxygens (including phenoxy) is 1. The number of anilines is 1. The molecule has 0 unspecified atom stereocenters. The summed E-state index contributed by atoms with van der Waals surface area (Å²) in [6.07, 6.45) is 5.48. The zero-order valence-corrected chi connectivity index (χ0v) is 17.5. The van der Waals surface area contributed by atoms with Gasteiger partial charge < -0.3 is 20.3 Å². The van der Waals surface area contributed by atoms with Crippen molar-refractivity contribution in [1.29, 1.82) is 0 Å². The van der Waals surface area contributed by atoms with Gasteiger partial charge in [-0.15, -0.1) is 35.3 Å². The van der Waals surface area contributed by atoms with Crippen LogP contribution in [0.5, 0.6) is 0 Å². The third kappa shape index (κ3) is 5.19. The number of aromatic nitrogens is 1. The molecule has 2 heterocycles. The van der Waals surface area contributed by atoms with Crippen LogP contribution >= 0.6 is 35.3 Å². The Hall–Kier alpha value is -0.610. The number of thiazole rings is 1. The van der Waals surface area contributed by atoms with E-state index >= 15 is 0 Å². The first-order valence-corrected chi connectivity index (χ1v) is 9.37. The lowest BCUT2D eigenvalue weighted by Gasteiger charge is -2.35. The van der Waals surface area contributed by atoms with Gasteiger partial charge in [0.1, 0.15) is 0 Å². The van der Waals surface area contributed by atoms with Gasteiger partial charge in [0, 0.05) is 57.5 Å². The van der Waals surface area contributed by atoms with E-state index in [0.717, 1.165) is 57.5 Å². The van der Waals surface area contributed by atoms with Gasteiger partial charge in [0.15, 0.2) is 11.1 Å². The van der Waals surface area contributed by atoms with Crippen molar-refractivity contribution in [1.82, 2.24) is 9.88 Å². The van der Waals surface area contributed by atoms with Crippen LogP contribution in [0.4, 0.5) is 5.13 Å². The second kappa shape index (κ2) is 9.19. The van der Waals surface area contributed by atoms with Gasteiger partial charge in [0.05, 0.1) is 0 Å². The Morgan fingerprint density at radius 3 is 2.71 bits per heavy atom. The molecule has 0 aromatic carbocycles. The highest BCUT2D eigenvalue weighted by Gasteiger charge is 2.42. The van der Waals surface area contributed by atoms with Gasteiger partial charge in [-0.05, 0) is 31.6 Å². The van der Waals surface area contributed by atoms with Crippen molar-refractivity contribution in [2.24, 2.45) is 16.1 Å². The van der Waals surface area contributed by atoms with Gasteiger partial charge in [-0.3, -0.25) is 4.99 Å². The van der Waals surface area contributed by atoms with Crippen LogP contribution in [-0.2, 0) is 4.74 Å². The van der Waals surface area contributed by atoms with Crippen molar-refractivity contribution in [3.63, 3.8) is 0 Å². The van der Waals surface area contributed by atoms with Crippen molar-refractivity contribution in [2.75, 3.05) is 50.8 Å². The minimum Gasteiger partial charge on any atom is -0.382 e. The maximum atomic E-state index is 6.22. The summed E-state index contributed by atoms with van der Waals surface area (Å²) in [7, 11) is 0. The lowest BCUT2D eigenvalue weighted by molar-refractivity contribution is 0.129. The molecule has 3 rings (SSSR count). The van der Waals surface area contributed by atoms with E-state index < -0.39 is 0 Å². The van der Waals surface area contributed by atoms with Crippen LogP contribution < -0.4 is 10.6 Å². The molecule has 0 atom stereocenters. The van der Waals surface area contributed by atoms with Gasteiger partial charge in [-0.1, -0.05) is 0 Å². The fraction of sp³-hybridized carbons (Fsp3) is 0.750. The average Bonchev–Trinajstić information content (AvgIpc) is 3.13. The normalized spacial score (nSPS) is 20.0. The van der Waals surface area contributed by atoms with Gasteiger partial charge in [-0.25, -0.2) is 4.98 Å². The van der Waals surface area contributed by atoms with Gasteiger partial charge in [0.25, 0.3) is 0 Å². The fourth-order valence-corrected chi connectivity index (χ4v) is 3.64. The molecule has 0 bridgehead atoms. The van der Waals surface area contributed by atoms with Crippen LogP contribution in [0.1, 0.15) is 26.2 Å². The maximum absolute atomic E-state index is 6.22. The molecule has 0 spiro atoms. The van der Waals surface area contributed by atoms with E-state index in [1.807, 2.05) is 18.5 Å². The molecule has 136 valence electrons. The molecule has 2 fully saturated rings. The zero-order chi connectivity index (χ0) is 16.1. The first kappa shape index (κ1) is 19.7. The Morgan fingerprint density at radius 2 is 2.12 bits per heavy atom. The van der Waals surface area contributed by atoms with E-state index in [9.17, 15) is 0 Å². The van der Waals surface area contributed by atoms with E-state index in [1.165, 1.54) is 12.8 Å². The van der Waals surface area contributed by atoms with E-state index in [2.05, 4.69) is 19.8 Å². The summed E-state index contributed by atoms with van der Waals surface area (Å²) in [6.45, 7) is 8.28. The predicted octanol–water partition coefficient (Wildman–Crippen LogP) is 2.40. The van der Waals surface area contributed by atoms with Crippen LogP contribution in [0.15, 0.2) is 16.6 Å². The SMILES string of the molecule is CCOCCC1(CN=C(N)N2CCN(c3nccs3)CC2)CC1.I. The molecule has 1 aromatic heterocycles. The van der Waals surface area contributed by atoms with E-state index in [4.69, 9.17) is 10.5 Å². The van der Waals surface area contributed by atoms with Crippen LogP contribution in [0.3, 0.4) is 0 Å². The monoisotopic (exact) mass is 465 g/mol. The van der Waals surface area contributed by atoms with Crippen molar-refractivity contribution in [3.8, 4) is 0 Å². The standard InChI is InChI=1S/C16H27N5OS.HI/c1-2-22-11-5-16(3-4-16)13-19-14(17)20-7-9-21(10-8-20)15-18-6-12-23-15;/h6,12H,2-5,7-11,13H2,1H3,(H2,17,19);1H. The maximum Gasteiger partial charge on any atom is 0.191 e. The molecule has 0 radical (unpaired) electrons. The Bertz CT molecular complexity index is 513. The number of aliphatic imine (C=N–C) groups is 1. The van der Waals surface area contributed by atoms with Gasteiger partial charge in [0.2, 0.25) is 0 Å². The largest absolute Gasteiger partial charge is 0.382 e. The average molecular weight is 465 g/mol. The molecule has 1 saturated carbocycles. The van der Waals surface area contributed by atoms with Crippen molar-refractivity contribution in [2.45, 2.75) is 26.2 Å². The summed E-state index contributed by atoms with van der Waals surface area (Å²) in [5.41, 5.74) is 6.58. The molecule has 24 heavy (non-hydrogen) atoms. The number of guanidine groups is 1. The molecule has 8 heteroatoms. The number of nitrogens with two attached hydrogens (primary N) is 1. The summed E-state index contributed by atoms with van der Waals surface area (Å²) in [5.74, 6) is 0.700. The van der Waals surface area contributed by atoms with Crippen molar-refractivity contribution in [3.05, 3.63) is 11.6 Å². The summed E-state index contributed by atoms with van der Waals surface area (Å²) in [6, 6.07) is 0. The van der Waals surface area contributed by atoms with E-state index in [-0.39, 0.29) is 24.0 Å². The number of hydrogen-bond acceptors (Lipinski definition) is 5. The summed E-state index contributed by atoms with van der Waals surface area (Å²) in [5, 5.41) is 3.13. The predicted molar refractivity (Wildman–Crippen MR) is 111 cm³/mol. The Labute approximate surface area is 165 Å². The van der Waals surface area contributed by atoms with Gasteiger partial charge >= 0.3 is 0 Å². The molecule has 0 amide bonds. The highest BCUT2D eigenvalue weighted by Crippen LogP contribution is 2.49. The second-order valence-electron chi connectivity index (χ2n) is 6.41. The second-order valence-corrected chi connectivity index (χ2v) is 7.28. The Balaban J connectivity index is 0.00000208. The van der Waals surface area contributed by atoms with Crippen LogP contribution in [0.25, 0.3) is 0 Å². The minimum absolute atomic E-state index is 0. The molecule has 2 aliphatic rings. The molecule has 1 aliphatic carbocycles. The zero-order valence-electron chi connectivity index (χ0n) is 14.3. The molecule has 6 nitrogen and oxygen atoms in total. The van der Waals surface area contributed by atoms with Crippen molar-refractivity contribution < 1.29 is 4.74 Å².